The molecule has 0 saturated heterocycles. The summed E-state index contributed by atoms with van der Waals surface area (Å²) in [5.41, 5.74) is 2.07. The monoisotopic (exact) mass is 274 g/mol. The van der Waals surface area contributed by atoms with Crippen molar-refractivity contribution in [3.63, 3.8) is 0 Å². The number of hydrogen-bond donors (Lipinski definition) is 3. The highest BCUT2D eigenvalue weighted by atomic mass is 16.3. The summed E-state index contributed by atoms with van der Waals surface area (Å²) < 4.78 is 0. The zero-order chi connectivity index (χ0) is 14.5. The molecule has 2 atom stereocenters. The van der Waals surface area contributed by atoms with Crippen LogP contribution in [0.25, 0.3) is 10.9 Å². The van der Waals surface area contributed by atoms with Gasteiger partial charge in [0.15, 0.2) is 0 Å². The fraction of sp³-hybridized carbons (Fsp3) is 0.438. The van der Waals surface area contributed by atoms with Crippen molar-refractivity contribution in [2.24, 2.45) is 5.92 Å². The van der Waals surface area contributed by atoms with Gasteiger partial charge >= 0.3 is 0 Å². The van der Waals surface area contributed by atoms with Crippen LogP contribution < -0.4 is 5.32 Å². The first-order valence-electron chi connectivity index (χ1n) is 7.06. The van der Waals surface area contributed by atoms with Gasteiger partial charge in [0.1, 0.15) is 0 Å². The minimum Gasteiger partial charge on any atom is -0.393 e. The highest BCUT2D eigenvalue weighted by molar-refractivity contribution is 5.88. The summed E-state index contributed by atoms with van der Waals surface area (Å²) >= 11 is 0. The smallest absolute Gasteiger partial charge is 0.224 e. The van der Waals surface area contributed by atoms with Crippen LogP contribution in [0.3, 0.4) is 0 Å². The van der Waals surface area contributed by atoms with E-state index in [-0.39, 0.29) is 17.9 Å². The minimum atomic E-state index is -0.324. The van der Waals surface area contributed by atoms with Gasteiger partial charge in [-0.25, -0.2) is 0 Å². The number of hydrogen-bond acceptors (Lipinski definition) is 2. The van der Waals surface area contributed by atoms with Crippen LogP contribution in [0.1, 0.15) is 25.8 Å². The molecule has 4 heteroatoms. The second-order valence-corrected chi connectivity index (χ2v) is 5.53. The maximum atomic E-state index is 12.0. The highest BCUT2D eigenvalue weighted by Gasteiger charge is 2.11. The van der Waals surface area contributed by atoms with Gasteiger partial charge in [-0.3, -0.25) is 4.79 Å². The summed E-state index contributed by atoms with van der Waals surface area (Å²) in [7, 11) is 0. The summed E-state index contributed by atoms with van der Waals surface area (Å²) in [6.07, 6.45) is 2.65. The van der Waals surface area contributed by atoms with Crippen LogP contribution in [0.4, 0.5) is 0 Å². The van der Waals surface area contributed by atoms with Crippen molar-refractivity contribution in [3.8, 4) is 0 Å². The van der Waals surface area contributed by atoms with E-state index < -0.39 is 0 Å². The summed E-state index contributed by atoms with van der Waals surface area (Å²) in [6.45, 7) is 4.40. The Morgan fingerprint density at radius 2 is 2.10 bits per heavy atom. The summed E-state index contributed by atoms with van der Waals surface area (Å²) in [5, 5.41) is 13.3. The van der Waals surface area contributed by atoms with E-state index in [0.29, 0.717) is 19.4 Å². The molecule has 1 heterocycles. The average molecular weight is 274 g/mol. The van der Waals surface area contributed by atoms with Crippen LogP contribution in [-0.2, 0) is 11.2 Å². The van der Waals surface area contributed by atoms with Gasteiger partial charge in [-0.2, -0.15) is 0 Å². The van der Waals surface area contributed by atoms with E-state index in [2.05, 4.69) is 10.3 Å². The fourth-order valence-corrected chi connectivity index (χ4v) is 2.47. The van der Waals surface area contributed by atoms with Crippen molar-refractivity contribution in [2.75, 3.05) is 6.54 Å². The second-order valence-electron chi connectivity index (χ2n) is 5.53. The predicted octanol–water partition coefficient (Wildman–Crippen LogP) is 2.23. The van der Waals surface area contributed by atoms with E-state index in [4.69, 9.17) is 0 Å². The number of aliphatic hydroxyl groups is 1. The van der Waals surface area contributed by atoms with Crippen LogP contribution in [0.15, 0.2) is 30.5 Å². The van der Waals surface area contributed by atoms with Crippen LogP contribution in [0.2, 0.25) is 0 Å². The van der Waals surface area contributed by atoms with Gasteiger partial charge in [-0.15, -0.1) is 0 Å². The standard InChI is InChI=1S/C16H22N2O2/c1-11(7-12(2)19)9-18-16(20)8-13-10-17-15-6-4-3-5-14(13)15/h3-6,10-12,17,19H,7-9H2,1-2H3,(H,18,20). The molecule has 0 aliphatic carbocycles. The minimum absolute atomic E-state index is 0.0206. The van der Waals surface area contributed by atoms with Crippen molar-refractivity contribution in [3.05, 3.63) is 36.0 Å². The van der Waals surface area contributed by atoms with E-state index in [9.17, 15) is 9.90 Å². The van der Waals surface area contributed by atoms with Gasteiger partial charge in [-0.05, 0) is 30.9 Å². The van der Waals surface area contributed by atoms with E-state index in [1.54, 1.807) is 6.92 Å². The number of aromatic nitrogens is 1. The zero-order valence-corrected chi connectivity index (χ0v) is 12.0. The lowest BCUT2D eigenvalue weighted by atomic mass is 10.0. The average Bonchev–Trinajstić information content (AvgIpc) is 2.79. The number of amides is 1. The third kappa shape index (κ3) is 3.84. The number of rotatable bonds is 6. The molecule has 2 rings (SSSR count). The first-order chi connectivity index (χ1) is 9.56. The lowest BCUT2D eigenvalue weighted by Crippen LogP contribution is -2.30. The zero-order valence-electron chi connectivity index (χ0n) is 12.0. The second kappa shape index (κ2) is 6.57. The normalized spacial score (nSPS) is 14.2. The number of H-pyrrole nitrogens is 1. The van der Waals surface area contributed by atoms with Gasteiger partial charge in [0, 0.05) is 23.6 Å². The molecule has 0 spiro atoms. The molecule has 0 radical (unpaired) electrons. The Morgan fingerprint density at radius 1 is 1.35 bits per heavy atom. The maximum Gasteiger partial charge on any atom is 0.224 e. The Bertz CT molecular complexity index is 575. The molecule has 2 unspecified atom stereocenters. The molecular weight excluding hydrogens is 252 g/mol. The molecule has 0 aliphatic heterocycles. The maximum absolute atomic E-state index is 12.0. The Kier molecular flexibility index (Phi) is 4.79. The molecule has 0 saturated carbocycles. The van der Waals surface area contributed by atoms with Crippen LogP contribution in [-0.4, -0.2) is 28.6 Å². The Balaban J connectivity index is 1.88. The van der Waals surface area contributed by atoms with Gasteiger partial charge in [0.05, 0.1) is 12.5 Å². The van der Waals surface area contributed by atoms with Gasteiger partial charge in [-0.1, -0.05) is 25.1 Å². The van der Waals surface area contributed by atoms with Crippen molar-refractivity contribution in [1.29, 1.82) is 0 Å². The van der Waals surface area contributed by atoms with Crippen molar-refractivity contribution in [1.82, 2.24) is 10.3 Å². The highest BCUT2D eigenvalue weighted by Crippen LogP contribution is 2.18. The molecule has 0 fully saturated rings. The molecule has 1 aromatic carbocycles. The van der Waals surface area contributed by atoms with Gasteiger partial charge < -0.3 is 15.4 Å². The fourth-order valence-electron chi connectivity index (χ4n) is 2.47. The molecule has 1 amide bonds. The molecule has 0 aliphatic rings. The molecule has 20 heavy (non-hydrogen) atoms. The van der Waals surface area contributed by atoms with Crippen LogP contribution in [0.5, 0.6) is 0 Å². The summed E-state index contributed by atoms with van der Waals surface area (Å²) in [4.78, 5) is 15.1. The Labute approximate surface area is 119 Å². The molecule has 108 valence electrons. The molecule has 4 nitrogen and oxygen atoms in total. The number of fused-ring (bicyclic) bond motifs is 1. The summed E-state index contributed by atoms with van der Waals surface area (Å²) in [5.74, 6) is 0.300. The molecule has 0 bridgehead atoms. The first-order valence-corrected chi connectivity index (χ1v) is 7.06. The predicted molar refractivity (Wildman–Crippen MR) is 80.5 cm³/mol. The lowest BCUT2D eigenvalue weighted by Gasteiger charge is -2.14. The van der Waals surface area contributed by atoms with Crippen LogP contribution >= 0.6 is 0 Å². The molecule has 1 aromatic heterocycles. The lowest BCUT2D eigenvalue weighted by molar-refractivity contribution is -0.120. The van der Waals surface area contributed by atoms with E-state index in [1.807, 2.05) is 37.4 Å². The van der Waals surface area contributed by atoms with Crippen LogP contribution in [0, 0.1) is 5.92 Å². The number of benzene rings is 1. The SMILES string of the molecule is CC(O)CC(C)CNC(=O)Cc1c[nH]c2ccccc12. The third-order valence-electron chi connectivity index (χ3n) is 3.42. The topological polar surface area (TPSA) is 65.1 Å². The van der Waals surface area contributed by atoms with E-state index in [1.165, 1.54) is 0 Å². The Morgan fingerprint density at radius 3 is 2.85 bits per heavy atom. The summed E-state index contributed by atoms with van der Waals surface area (Å²) in [6, 6.07) is 7.97. The van der Waals surface area contributed by atoms with Crippen molar-refractivity contribution < 1.29 is 9.90 Å². The molecule has 3 N–H and O–H groups in total. The number of para-hydroxylation sites is 1. The number of aliphatic hydroxyl groups excluding tert-OH is 1. The van der Waals surface area contributed by atoms with E-state index >= 15 is 0 Å². The number of carbonyl (C=O) groups is 1. The van der Waals surface area contributed by atoms with Gasteiger partial charge in [0.25, 0.3) is 0 Å². The largest absolute Gasteiger partial charge is 0.393 e. The number of carbonyl (C=O) groups excluding carboxylic acids is 1. The first kappa shape index (κ1) is 14.6. The number of aromatic amines is 1. The quantitative estimate of drug-likeness (QED) is 0.756. The Hall–Kier alpha value is -1.81. The molecule has 2 aromatic rings. The number of nitrogens with one attached hydrogen (secondary N) is 2. The van der Waals surface area contributed by atoms with Crippen molar-refractivity contribution >= 4 is 16.8 Å². The molecular formula is C16H22N2O2. The van der Waals surface area contributed by atoms with Crippen molar-refractivity contribution in [2.45, 2.75) is 32.8 Å². The van der Waals surface area contributed by atoms with Gasteiger partial charge in [0.2, 0.25) is 5.91 Å². The third-order valence-corrected chi connectivity index (χ3v) is 3.42. The van der Waals surface area contributed by atoms with E-state index in [0.717, 1.165) is 16.5 Å².